The fraction of sp³-hybridized carbons (Fsp3) is 0.316. The molecule has 1 heterocycles. The molecule has 1 aliphatic carbocycles. The van der Waals surface area contributed by atoms with Crippen molar-refractivity contribution in [1.82, 2.24) is 4.98 Å². The van der Waals surface area contributed by atoms with E-state index in [0.29, 0.717) is 29.2 Å². The number of nitrogens with one attached hydrogen (secondary N) is 1. The van der Waals surface area contributed by atoms with Crippen LogP contribution in [0, 0.1) is 0 Å². The average Bonchev–Trinajstić information content (AvgIpc) is 2.66. The monoisotopic (exact) mass is 357 g/mol. The summed E-state index contributed by atoms with van der Waals surface area (Å²) in [4.78, 5) is 39.1. The van der Waals surface area contributed by atoms with Gasteiger partial charge in [-0.25, -0.2) is 4.79 Å². The molecule has 0 saturated heterocycles. The van der Waals surface area contributed by atoms with E-state index in [2.05, 4.69) is 9.72 Å². The largest absolute Gasteiger partial charge is 0.497 e. The molecular formula is C19H19NO6. The van der Waals surface area contributed by atoms with Gasteiger partial charge in [-0.2, -0.15) is 0 Å². The topological polar surface area (TPSA) is 94.7 Å². The highest BCUT2D eigenvalue weighted by Crippen LogP contribution is 2.37. The third kappa shape index (κ3) is 3.08. The molecule has 3 rings (SSSR count). The highest BCUT2D eigenvalue weighted by atomic mass is 16.5. The first-order chi connectivity index (χ1) is 12.5. The summed E-state index contributed by atoms with van der Waals surface area (Å²) in [6.45, 7) is 0. The maximum Gasteiger partial charge on any atom is 0.343 e. The van der Waals surface area contributed by atoms with Crippen molar-refractivity contribution in [1.29, 1.82) is 0 Å². The van der Waals surface area contributed by atoms with Crippen LogP contribution in [0.25, 0.3) is 0 Å². The number of hydrogen-bond donors (Lipinski definition) is 1. The van der Waals surface area contributed by atoms with Gasteiger partial charge in [-0.05, 0) is 24.1 Å². The summed E-state index contributed by atoms with van der Waals surface area (Å²) in [5.74, 6) is 0.232. The average molecular weight is 357 g/mol. The summed E-state index contributed by atoms with van der Waals surface area (Å²) >= 11 is 0. The molecule has 7 nitrogen and oxygen atoms in total. The maximum absolute atomic E-state index is 12.6. The molecule has 1 atom stereocenters. The van der Waals surface area contributed by atoms with Crippen molar-refractivity contribution in [2.75, 3.05) is 21.3 Å². The molecule has 0 bridgehead atoms. The lowest BCUT2D eigenvalue weighted by atomic mass is 9.81. The molecule has 136 valence electrons. The zero-order valence-corrected chi connectivity index (χ0v) is 14.8. The Hall–Kier alpha value is -3.09. The second-order valence-electron chi connectivity index (χ2n) is 6.03. The summed E-state index contributed by atoms with van der Waals surface area (Å²) in [5, 5.41) is 0. The third-order valence-corrected chi connectivity index (χ3v) is 4.59. The number of benzene rings is 1. The first kappa shape index (κ1) is 17.7. The lowest BCUT2D eigenvalue weighted by Crippen LogP contribution is -2.27. The molecule has 0 fully saturated rings. The third-order valence-electron chi connectivity index (χ3n) is 4.59. The van der Waals surface area contributed by atoms with Gasteiger partial charge in [0, 0.05) is 29.7 Å². The van der Waals surface area contributed by atoms with Crippen LogP contribution in [0.1, 0.15) is 44.3 Å². The van der Waals surface area contributed by atoms with E-state index in [4.69, 9.17) is 9.47 Å². The molecule has 0 spiro atoms. The van der Waals surface area contributed by atoms with Gasteiger partial charge in [0.2, 0.25) is 0 Å². The van der Waals surface area contributed by atoms with Crippen molar-refractivity contribution < 1.29 is 23.8 Å². The Morgan fingerprint density at radius 3 is 2.50 bits per heavy atom. The summed E-state index contributed by atoms with van der Waals surface area (Å²) in [7, 11) is 4.31. The smallest absolute Gasteiger partial charge is 0.343 e. The minimum atomic E-state index is -0.763. The maximum atomic E-state index is 12.6. The highest BCUT2D eigenvalue weighted by molar-refractivity contribution is 6.01. The summed E-state index contributed by atoms with van der Waals surface area (Å²) in [6, 6.07) is 6.75. The lowest BCUT2D eigenvalue weighted by Gasteiger charge is -2.25. The van der Waals surface area contributed by atoms with Gasteiger partial charge in [0.1, 0.15) is 17.1 Å². The molecule has 1 N–H and O–H groups in total. The van der Waals surface area contributed by atoms with Gasteiger partial charge in [0.05, 0.1) is 21.3 Å². The van der Waals surface area contributed by atoms with Crippen LogP contribution in [0.15, 0.2) is 29.1 Å². The number of rotatable bonds is 4. The molecular weight excluding hydrogens is 338 g/mol. The van der Waals surface area contributed by atoms with Crippen LogP contribution in [0.3, 0.4) is 0 Å². The lowest BCUT2D eigenvalue weighted by molar-refractivity contribution is 0.0598. The molecule has 0 aliphatic heterocycles. The van der Waals surface area contributed by atoms with Gasteiger partial charge >= 0.3 is 5.97 Å². The van der Waals surface area contributed by atoms with Crippen LogP contribution in [-0.4, -0.2) is 38.1 Å². The number of pyridine rings is 1. The summed E-state index contributed by atoms with van der Waals surface area (Å²) in [5.41, 5.74) is 1.01. The fourth-order valence-corrected chi connectivity index (χ4v) is 3.27. The number of carbonyl (C=O) groups excluding carboxylic acids is 2. The number of ketones is 1. The second kappa shape index (κ2) is 7.03. The minimum Gasteiger partial charge on any atom is -0.497 e. The molecule has 7 heteroatoms. The number of fused-ring (bicyclic) bond motifs is 1. The van der Waals surface area contributed by atoms with E-state index in [0.717, 1.165) is 5.56 Å². The zero-order valence-electron chi connectivity index (χ0n) is 14.8. The van der Waals surface area contributed by atoms with Gasteiger partial charge < -0.3 is 19.2 Å². The Balaban J connectivity index is 2.01. The Bertz CT molecular complexity index is 930. The number of H-pyrrole nitrogens is 1. The van der Waals surface area contributed by atoms with Gasteiger partial charge in [0.15, 0.2) is 5.78 Å². The number of aromatic amines is 1. The Kier molecular flexibility index (Phi) is 4.79. The molecule has 2 aromatic rings. The quantitative estimate of drug-likeness (QED) is 0.842. The number of methoxy groups -OCH3 is 3. The predicted molar refractivity (Wildman–Crippen MR) is 93.3 cm³/mol. The Morgan fingerprint density at radius 1 is 1.08 bits per heavy atom. The molecule has 0 amide bonds. The molecule has 0 unspecified atom stereocenters. The molecule has 1 aromatic carbocycles. The van der Waals surface area contributed by atoms with Crippen molar-refractivity contribution in [3.05, 3.63) is 57.0 Å². The number of hydrogen-bond acceptors (Lipinski definition) is 6. The second-order valence-corrected chi connectivity index (χ2v) is 6.03. The van der Waals surface area contributed by atoms with E-state index in [-0.39, 0.29) is 23.7 Å². The number of Topliss-reactive ketones (excluding diaryl/α,β-unsaturated/α-hetero) is 1. The zero-order chi connectivity index (χ0) is 18.8. The molecule has 1 aromatic heterocycles. The van der Waals surface area contributed by atoms with Crippen LogP contribution in [0.2, 0.25) is 0 Å². The Morgan fingerprint density at radius 2 is 1.85 bits per heavy atom. The van der Waals surface area contributed by atoms with E-state index in [9.17, 15) is 14.4 Å². The van der Waals surface area contributed by atoms with E-state index in [1.54, 1.807) is 26.4 Å². The van der Waals surface area contributed by atoms with Gasteiger partial charge in [-0.1, -0.05) is 6.07 Å². The van der Waals surface area contributed by atoms with Crippen LogP contribution in [0.4, 0.5) is 0 Å². The summed E-state index contributed by atoms with van der Waals surface area (Å²) < 4.78 is 15.2. The standard InChI is InChI=1S/C19H19NO6/c1-24-11-4-5-12(17(8-11)25-2)10-6-15-13(16(21)7-10)9-14(18(22)20-15)19(23)26-3/h4-5,8-10H,6-7H2,1-3H3,(H,20,22)/t10-/m1/s1. The van der Waals surface area contributed by atoms with Gasteiger partial charge in [-0.3, -0.25) is 9.59 Å². The van der Waals surface area contributed by atoms with Crippen molar-refractivity contribution in [3.8, 4) is 11.5 Å². The number of carbonyl (C=O) groups is 2. The van der Waals surface area contributed by atoms with Crippen LogP contribution in [-0.2, 0) is 11.2 Å². The van der Waals surface area contributed by atoms with Crippen molar-refractivity contribution in [2.24, 2.45) is 0 Å². The molecule has 0 radical (unpaired) electrons. The van der Waals surface area contributed by atoms with E-state index in [1.165, 1.54) is 13.2 Å². The van der Waals surface area contributed by atoms with Gasteiger partial charge in [0.25, 0.3) is 5.56 Å². The fourth-order valence-electron chi connectivity index (χ4n) is 3.27. The SMILES string of the molecule is COC(=O)c1cc2c([nH]c1=O)C[C@@H](c1ccc(OC)cc1OC)CC2=O. The number of esters is 1. The van der Waals surface area contributed by atoms with E-state index in [1.807, 2.05) is 6.07 Å². The number of ether oxygens (including phenoxy) is 3. The predicted octanol–water partition coefficient (Wildman–Crippen LogP) is 2.09. The summed E-state index contributed by atoms with van der Waals surface area (Å²) in [6.07, 6.45) is 0.711. The van der Waals surface area contributed by atoms with Crippen molar-refractivity contribution in [2.45, 2.75) is 18.8 Å². The van der Waals surface area contributed by atoms with Crippen LogP contribution >= 0.6 is 0 Å². The minimum absolute atomic E-state index is 0.143. The van der Waals surface area contributed by atoms with Crippen LogP contribution in [0.5, 0.6) is 11.5 Å². The van der Waals surface area contributed by atoms with Crippen molar-refractivity contribution in [3.63, 3.8) is 0 Å². The Labute approximate surface area is 149 Å². The molecule has 0 saturated carbocycles. The molecule has 26 heavy (non-hydrogen) atoms. The normalized spacial score (nSPS) is 16.0. The van der Waals surface area contributed by atoms with Gasteiger partial charge in [-0.15, -0.1) is 0 Å². The van der Waals surface area contributed by atoms with E-state index >= 15 is 0 Å². The highest BCUT2D eigenvalue weighted by Gasteiger charge is 2.30. The molecule has 1 aliphatic rings. The van der Waals surface area contributed by atoms with Crippen molar-refractivity contribution >= 4 is 11.8 Å². The number of aromatic nitrogens is 1. The van der Waals surface area contributed by atoms with Crippen LogP contribution < -0.4 is 15.0 Å². The first-order valence-corrected chi connectivity index (χ1v) is 8.08. The first-order valence-electron chi connectivity index (χ1n) is 8.08. The van der Waals surface area contributed by atoms with E-state index < -0.39 is 11.5 Å².